The fraction of sp³-hybridized carbons (Fsp3) is 0.409. The maximum absolute atomic E-state index is 12.6. The van der Waals surface area contributed by atoms with Gasteiger partial charge in [0.1, 0.15) is 11.5 Å². The van der Waals surface area contributed by atoms with Crippen LogP contribution in [-0.2, 0) is 0 Å². The molecule has 0 aliphatic heterocycles. The Labute approximate surface area is 156 Å². The number of para-hydroxylation sites is 1. The number of nitrogens with one attached hydrogen (secondary N) is 1. The van der Waals surface area contributed by atoms with E-state index in [4.69, 9.17) is 9.47 Å². The molecule has 0 aromatic heterocycles. The first-order valence-corrected chi connectivity index (χ1v) is 9.40. The van der Waals surface area contributed by atoms with Gasteiger partial charge in [-0.2, -0.15) is 0 Å². The Balaban J connectivity index is 1.98. The van der Waals surface area contributed by atoms with Crippen molar-refractivity contribution in [1.82, 2.24) is 0 Å². The number of benzene rings is 2. The molecule has 0 aliphatic rings. The van der Waals surface area contributed by atoms with E-state index in [9.17, 15) is 4.79 Å². The molecule has 2 aromatic carbocycles. The van der Waals surface area contributed by atoms with Gasteiger partial charge in [0, 0.05) is 11.8 Å². The number of ether oxygens (including phenoxy) is 2. The first kappa shape index (κ1) is 19.8. The molecule has 0 unspecified atom stereocenters. The van der Waals surface area contributed by atoms with Crippen LogP contribution in [0.5, 0.6) is 11.5 Å². The summed E-state index contributed by atoms with van der Waals surface area (Å²) in [5.41, 5.74) is 1.23. The SMILES string of the molecule is CCCCCCOc1cccc(NC(=O)c2ccccc2OC(C)C)c1. The third-order valence-corrected chi connectivity index (χ3v) is 3.85. The molecular weight excluding hydrogens is 326 g/mol. The van der Waals surface area contributed by atoms with E-state index in [0.717, 1.165) is 12.2 Å². The normalized spacial score (nSPS) is 10.6. The minimum atomic E-state index is -0.193. The zero-order valence-electron chi connectivity index (χ0n) is 16.0. The maximum Gasteiger partial charge on any atom is 0.259 e. The summed E-state index contributed by atoms with van der Waals surface area (Å²) in [6.45, 7) is 6.77. The van der Waals surface area contributed by atoms with E-state index < -0.39 is 0 Å². The Morgan fingerprint density at radius 2 is 1.85 bits per heavy atom. The summed E-state index contributed by atoms with van der Waals surface area (Å²) in [7, 11) is 0. The van der Waals surface area contributed by atoms with Crippen molar-refractivity contribution in [2.75, 3.05) is 11.9 Å². The lowest BCUT2D eigenvalue weighted by atomic mass is 10.1. The number of amides is 1. The van der Waals surface area contributed by atoms with Gasteiger partial charge in [0.05, 0.1) is 18.3 Å². The highest BCUT2D eigenvalue weighted by Gasteiger charge is 2.13. The molecule has 0 aliphatic carbocycles. The summed E-state index contributed by atoms with van der Waals surface area (Å²) in [4.78, 5) is 12.6. The molecule has 4 nitrogen and oxygen atoms in total. The average Bonchev–Trinajstić information content (AvgIpc) is 2.62. The van der Waals surface area contributed by atoms with Crippen LogP contribution in [0.2, 0.25) is 0 Å². The van der Waals surface area contributed by atoms with Gasteiger partial charge in [0.15, 0.2) is 0 Å². The number of hydrogen-bond acceptors (Lipinski definition) is 3. The van der Waals surface area contributed by atoms with Crippen molar-refractivity contribution in [3.63, 3.8) is 0 Å². The van der Waals surface area contributed by atoms with E-state index >= 15 is 0 Å². The van der Waals surface area contributed by atoms with E-state index in [0.29, 0.717) is 23.6 Å². The number of rotatable bonds is 10. The number of carbonyl (C=O) groups is 1. The molecule has 4 heteroatoms. The lowest BCUT2D eigenvalue weighted by Gasteiger charge is -2.14. The Morgan fingerprint density at radius 1 is 1.04 bits per heavy atom. The molecule has 0 saturated heterocycles. The summed E-state index contributed by atoms with van der Waals surface area (Å²) >= 11 is 0. The van der Waals surface area contributed by atoms with Gasteiger partial charge < -0.3 is 14.8 Å². The van der Waals surface area contributed by atoms with E-state index in [1.54, 1.807) is 6.07 Å². The van der Waals surface area contributed by atoms with Crippen LogP contribution in [-0.4, -0.2) is 18.6 Å². The highest BCUT2D eigenvalue weighted by Crippen LogP contribution is 2.23. The predicted octanol–water partition coefficient (Wildman–Crippen LogP) is 5.69. The van der Waals surface area contributed by atoms with Crippen molar-refractivity contribution >= 4 is 11.6 Å². The molecule has 2 aromatic rings. The second-order valence-electron chi connectivity index (χ2n) is 6.55. The molecule has 0 saturated carbocycles. The molecule has 2 rings (SSSR count). The first-order valence-electron chi connectivity index (χ1n) is 9.40. The number of unbranched alkanes of at least 4 members (excludes halogenated alkanes) is 3. The van der Waals surface area contributed by atoms with Crippen molar-refractivity contribution < 1.29 is 14.3 Å². The van der Waals surface area contributed by atoms with Gasteiger partial charge in [0.2, 0.25) is 0 Å². The van der Waals surface area contributed by atoms with Crippen LogP contribution in [0, 0.1) is 0 Å². The zero-order chi connectivity index (χ0) is 18.8. The molecule has 0 bridgehead atoms. The van der Waals surface area contributed by atoms with Crippen molar-refractivity contribution in [2.45, 2.75) is 52.6 Å². The predicted molar refractivity (Wildman–Crippen MR) is 106 cm³/mol. The monoisotopic (exact) mass is 355 g/mol. The smallest absolute Gasteiger partial charge is 0.259 e. The molecule has 0 radical (unpaired) electrons. The highest BCUT2D eigenvalue weighted by molar-refractivity contribution is 6.06. The molecular formula is C22H29NO3. The maximum atomic E-state index is 12.6. The first-order chi connectivity index (χ1) is 12.6. The van der Waals surface area contributed by atoms with Gasteiger partial charge in [0.25, 0.3) is 5.91 Å². The van der Waals surface area contributed by atoms with Crippen molar-refractivity contribution in [1.29, 1.82) is 0 Å². The Bertz CT molecular complexity index is 697. The van der Waals surface area contributed by atoms with Gasteiger partial charge in [-0.3, -0.25) is 4.79 Å². The second-order valence-corrected chi connectivity index (χ2v) is 6.55. The van der Waals surface area contributed by atoms with Crippen LogP contribution in [0.3, 0.4) is 0 Å². The number of anilines is 1. The minimum absolute atomic E-state index is 0.00776. The lowest BCUT2D eigenvalue weighted by molar-refractivity contribution is 0.102. The van der Waals surface area contributed by atoms with Gasteiger partial charge in [-0.15, -0.1) is 0 Å². The summed E-state index contributed by atoms with van der Waals surface area (Å²) in [6, 6.07) is 14.8. The summed E-state index contributed by atoms with van der Waals surface area (Å²) in [6.07, 6.45) is 4.68. The molecule has 1 N–H and O–H groups in total. The van der Waals surface area contributed by atoms with Gasteiger partial charge in [-0.1, -0.05) is 44.4 Å². The third-order valence-electron chi connectivity index (χ3n) is 3.85. The van der Waals surface area contributed by atoms with Crippen molar-refractivity contribution in [2.24, 2.45) is 0 Å². The average molecular weight is 355 g/mol. The topological polar surface area (TPSA) is 47.6 Å². The Kier molecular flexibility index (Phi) is 8.00. The fourth-order valence-electron chi connectivity index (χ4n) is 2.59. The Morgan fingerprint density at radius 3 is 2.62 bits per heavy atom. The van der Waals surface area contributed by atoms with Crippen LogP contribution >= 0.6 is 0 Å². The summed E-state index contributed by atoms with van der Waals surface area (Å²) < 4.78 is 11.5. The third kappa shape index (κ3) is 6.43. The van der Waals surface area contributed by atoms with E-state index in [1.165, 1.54) is 19.3 Å². The minimum Gasteiger partial charge on any atom is -0.494 e. The zero-order valence-corrected chi connectivity index (χ0v) is 16.0. The largest absolute Gasteiger partial charge is 0.494 e. The standard InChI is InChI=1S/C22H29NO3/c1-4-5-6-9-15-25-19-12-10-11-18(16-19)23-22(24)20-13-7-8-14-21(20)26-17(2)3/h7-8,10-14,16-17H,4-6,9,15H2,1-3H3,(H,23,24). The molecule has 140 valence electrons. The van der Waals surface area contributed by atoms with Crippen LogP contribution in [0.4, 0.5) is 5.69 Å². The summed E-state index contributed by atoms with van der Waals surface area (Å²) in [5.74, 6) is 1.16. The fourth-order valence-corrected chi connectivity index (χ4v) is 2.59. The van der Waals surface area contributed by atoms with Crippen LogP contribution < -0.4 is 14.8 Å². The van der Waals surface area contributed by atoms with E-state index in [2.05, 4.69) is 12.2 Å². The van der Waals surface area contributed by atoms with Gasteiger partial charge in [-0.05, 0) is 44.5 Å². The highest BCUT2D eigenvalue weighted by atomic mass is 16.5. The molecule has 26 heavy (non-hydrogen) atoms. The van der Waals surface area contributed by atoms with Crippen LogP contribution in [0.1, 0.15) is 56.8 Å². The molecule has 1 amide bonds. The van der Waals surface area contributed by atoms with E-state index in [-0.39, 0.29) is 12.0 Å². The number of carbonyl (C=O) groups excluding carboxylic acids is 1. The van der Waals surface area contributed by atoms with Crippen LogP contribution in [0.15, 0.2) is 48.5 Å². The number of hydrogen-bond donors (Lipinski definition) is 1. The van der Waals surface area contributed by atoms with Crippen molar-refractivity contribution in [3.05, 3.63) is 54.1 Å². The molecule has 0 fully saturated rings. The molecule has 0 heterocycles. The van der Waals surface area contributed by atoms with Gasteiger partial charge in [-0.25, -0.2) is 0 Å². The second kappa shape index (κ2) is 10.5. The van der Waals surface area contributed by atoms with Crippen LogP contribution in [0.25, 0.3) is 0 Å². The van der Waals surface area contributed by atoms with E-state index in [1.807, 2.05) is 56.3 Å². The summed E-state index contributed by atoms with van der Waals surface area (Å²) in [5, 5.41) is 2.92. The van der Waals surface area contributed by atoms with Crippen molar-refractivity contribution in [3.8, 4) is 11.5 Å². The van der Waals surface area contributed by atoms with Gasteiger partial charge >= 0.3 is 0 Å². The Hall–Kier alpha value is -2.49. The molecule has 0 atom stereocenters. The quantitative estimate of drug-likeness (QED) is 0.557. The molecule has 0 spiro atoms. The lowest BCUT2D eigenvalue weighted by Crippen LogP contribution is -2.15.